The van der Waals surface area contributed by atoms with Crippen LogP contribution >= 0.6 is 11.8 Å². The minimum atomic E-state index is -1.17. The number of Topliss-reactive ketones (excluding diaryl/α,β-unsaturated/α-hetero) is 3. The quantitative estimate of drug-likeness (QED) is 0.601. The Hall–Kier alpha value is -2.35. The van der Waals surface area contributed by atoms with Crippen molar-refractivity contribution in [2.75, 3.05) is 6.26 Å². The Bertz CT molecular complexity index is 773. The molecule has 0 aromatic carbocycles. The van der Waals surface area contributed by atoms with Crippen molar-refractivity contribution in [3.8, 4) is 5.82 Å². The molecule has 0 unspecified atom stereocenters. The molecular formula is C16H16N4O3S. The van der Waals surface area contributed by atoms with Crippen molar-refractivity contribution in [2.24, 2.45) is 5.92 Å². The molecule has 2 aromatic rings. The van der Waals surface area contributed by atoms with Gasteiger partial charge >= 0.3 is 0 Å². The van der Waals surface area contributed by atoms with Crippen molar-refractivity contribution in [3.63, 3.8) is 0 Å². The number of hydrogen-bond acceptors (Lipinski definition) is 7. The molecule has 0 radical (unpaired) electrons. The van der Waals surface area contributed by atoms with Crippen LogP contribution in [0.1, 0.15) is 35.3 Å². The van der Waals surface area contributed by atoms with Crippen LogP contribution in [0.2, 0.25) is 0 Å². The van der Waals surface area contributed by atoms with Crippen LogP contribution in [0, 0.1) is 5.92 Å². The minimum Gasteiger partial charge on any atom is -0.298 e. The summed E-state index contributed by atoms with van der Waals surface area (Å²) in [5.74, 6) is -1.14. The van der Waals surface area contributed by atoms with Gasteiger partial charge in [-0.25, -0.2) is 14.6 Å². The van der Waals surface area contributed by atoms with E-state index in [1.165, 1.54) is 29.1 Å². The molecule has 7 nitrogen and oxygen atoms in total. The van der Waals surface area contributed by atoms with Crippen LogP contribution in [0.25, 0.3) is 5.82 Å². The van der Waals surface area contributed by atoms with Gasteiger partial charge in [0.2, 0.25) is 0 Å². The maximum absolute atomic E-state index is 12.8. The Kier molecular flexibility index (Phi) is 4.84. The molecule has 24 heavy (non-hydrogen) atoms. The molecule has 2 aromatic heterocycles. The summed E-state index contributed by atoms with van der Waals surface area (Å²) in [7, 11) is 0. The second kappa shape index (κ2) is 7.04. The summed E-state index contributed by atoms with van der Waals surface area (Å²) >= 11 is 1.51. The first-order valence-electron chi connectivity index (χ1n) is 7.55. The van der Waals surface area contributed by atoms with E-state index in [4.69, 9.17) is 0 Å². The van der Waals surface area contributed by atoms with E-state index in [0.29, 0.717) is 29.2 Å². The van der Waals surface area contributed by atoms with Crippen LogP contribution in [0.5, 0.6) is 0 Å². The number of thioether (sulfide) groups is 1. The zero-order valence-electron chi connectivity index (χ0n) is 13.1. The van der Waals surface area contributed by atoms with E-state index in [1.807, 2.05) is 6.26 Å². The predicted octanol–water partition coefficient (Wildman–Crippen LogP) is 1.65. The van der Waals surface area contributed by atoms with Gasteiger partial charge in [0.15, 0.2) is 23.2 Å². The van der Waals surface area contributed by atoms with Crippen molar-refractivity contribution in [3.05, 3.63) is 36.0 Å². The highest BCUT2D eigenvalue weighted by atomic mass is 32.2. The van der Waals surface area contributed by atoms with E-state index in [2.05, 4.69) is 15.1 Å². The van der Waals surface area contributed by atoms with Gasteiger partial charge in [0.1, 0.15) is 18.6 Å². The number of carbonyl (C=O) groups is 3. The Morgan fingerprint density at radius 1 is 1.29 bits per heavy atom. The van der Waals surface area contributed by atoms with Crippen LogP contribution in [0.4, 0.5) is 0 Å². The van der Waals surface area contributed by atoms with Gasteiger partial charge in [-0.15, -0.1) is 0 Å². The first kappa shape index (κ1) is 16.5. The lowest BCUT2D eigenvalue weighted by atomic mass is 9.81. The van der Waals surface area contributed by atoms with Crippen molar-refractivity contribution >= 4 is 29.1 Å². The number of ketones is 3. The molecule has 2 heterocycles. The summed E-state index contributed by atoms with van der Waals surface area (Å²) in [4.78, 5) is 45.2. The fourth-order valence-corrected chi connectivity index (χ4v) is 3.26. The van der Waals surface area contributed by atoms with E-state index in [0.717, 1.165) is 0 Å². The molecular weight excluding hydrogens is 328 g/mol. The van der Waals surface area contributed by atoms with Gasteiger partial charge in [0.05, 0.1) is 5.69 Å². The highest BCUT2D eigenvalue weighted by molar-refractivity contribution is 7.97. The third kappa shape index (κ3) is 3.14. The molecule has 0 amide bonds. The Morgan fingerprint density at radius 2 is 2.04 bits per heavy atom. The Labute approximate surface area is 142 Å². The highest BCUT2D eigenvalue weighted by Gasteiger charge is 2.37. The van der Waals surface area contributed by atoms with Gasteiger partial charge in [-0.3, -0.25) is 14.4 Å². The van der Waals surface area contributed by atoms with E-state index in [9.17, 15) is 14.4 Å². The molecule has 0 N–H and O–H groups in total. The number of hydrogen-bond donors (Lipinski definition) is 0. The molecule has 8 heteroatoms. The number of carbonyl (C=O) groups excluding carboxylic acids is 3. The van der Waals surface area contributed by atoms with Crippen LogP contribution in [-0.2, 0) is 15.3 Å². The summed E-state index contributed by atoms with van der Waals surface area (Å²) in [6.45, 7) is 0. The first-order chi connectivity index (χ1) is 11.6. The minimum absolute atomic E-state index is 0.282. The number of rotatable bonds is 5. The normalized spacial score (nSPS) is 15.7. The molecule has 0 bridgehead atoms. The Balaban J connectivity index is 1.98. The molecule has 3 rings (SSSR count). The van der Waals surface area contributed by atoms with Gasteiger partial charge in [-0.05, 0) is 24.8 Å². The van der Waals surface area contributed by atoms with E-state index in [-0.39, 0.29) is 24.4 Å². The molecule has 1 aliphatic carbocycles. The van der Waals surface area contributed by atoms with Gasteiger partial charge < -0.3 is 0 Å². The van der Waals surface area contributed by atoms with Crippen LogP contribution in [0.3, 0.4) is 0 Å². The first-order valence-corrected chi connectivity index (χ1v) is 8.94. The zero-order chi connectivity index (χ0) is 17.1. The lowest BCUT2D eigenvalue weighted by Gasteiger charge is -2.19. The van der Waals surface area contributed by atoms with Crippen molar-refractivity contribution in [1.29, 1.82) is 0 Å². The second-order valence-corrected chi connectivity index (χ2v) is 6.39. The number of aromatic nitrogens is 4. The molecule has 0 atom stereocenters. The molecule has 1 fully saturated rings. The van der Waals surface area contributed by atoms with Gasteiger partial charge in [-0.1, -0.05) is 0 Å². The topological polar surface area (TPSA) is 94.8 Å². The largest absolute Gasteiger partial charge is 0.298 e. The lowest BCUT2D eigenvalue weighted by Crippen LogP contribution is -2.35. The predicted molar refractivity (Wildman–Crippen MR) is 88.1 cm³/mol. The fraction of sp³-hybridized carbons (Fsp3) is 0.375. The standard InChI is InChI=1S/C16H16N4O3S/c1-24-7-11-10(5-6-14(19-11)20-9-17-8-18-20)16(23)15-12(21)3-2-4-13(15)22/h5-6,8-9,15H,2-4,7H2,1H3. The second-order valence-electron chi connectivity index (χ2n) is 5.52. The summed E-state index contributed by atoms with van der Waals surface area (Å²) in [5, 5.41) is 4.02. The molecule has 0 spiro atoms. The SMILES string of the molecule is CSCc1nc(-n2cncn2)ccc1C(=O)C1C(=O)CCCC1=O. The highest BCUT2D eigenvalue weighted by Crippen LogP contribution is 2.24. The van der Waals surface area contributed by atoms with E-state index < -0.39 is 11.7 Å². The van der Waals surface area contributed by atoms with Gasteiger partial charge in [0.25, 0.3) is 0 Å². The average Bonchev–Trinajstić information content (AvgIpc) is 3.09. The molecule has 124 valence electrons. The summed E-state index contributed by atoms with van der Waals surface area (Å²) in [6, 6.07) is 3.26. The van der Waals surface area contributed by atoms with Crippen molar-refractivity contribution < 1.29 is 14.4 Å². The average molecular weight is 344 g/mol. The smallest absolute Gasteiger partial charge is 0.182 e. The number of nitrogens with zero attached hydrogens (tertiary/aromatic N) is 4. The van der Waals surface area contributed by atoms with Crippen LogP contribution in [0.15, 0.2) is 24.8 Å². The van der Waals surface area contributed by atoms with Crippen molar-refractivity contribution in [1.82, 2.24) is 19.7 Å². The molecule has 0 aliphatic heterocycles. The third-order valence-electron chi connectivity index (χ3n) is 3.91. The van der Waals surface area contributed by atoms with Gasteiger partial charge in [0, 0.05) is 24.2 Å². The molecule has 0 saturated heterocycles. The summed E-state index contributed by atoms with van der Waals surface area (Å²) in [6.07, 6.45) is 5.90. The lowest BCUT2D eigenvalue weighted by molar-refractivity contribution is -0.133. The maximum atomic E-state index is 12.8. The third-order valence-corrected chi connectivity index (χ3v) is 4.47. The monoisotopic (exact) mass is 344 g/mol. The maximum Gasteiger partial charge on any atom is 0.182 e. The van der Waals surface area contributed by atoms with Gasteiger partial charge in [-0.2, -0.15) is 16.9 Å². The fourth-order valence-electron chi connectivity index (χ4n) is 2.77. The summed E-state index contributed by atoms with van der Waals surface area (Å²) in [5.41, 5.74) is 0.883. The van der Waals surface area contributed by atoms with Crippen molar-refractivity contribution in [2.45, 2.75) is 25.0 Å². The van der Waals surface area contributed by atoms with Crippen LogP contribution < -0.4 is 0 Å². The van der Waals surface area contributed by atoms with E-state index in [1.54, 1.807) is 12.1 Å². The zero-order valence-corrected chi connectivity index (χ0v) is 14.0. The molecule has 1 aliphatic rings. The van der Waals surface area contributed by atoms with E-state index >= 15 is 0 Å². The summed E-state index contributed by atoms with van der Waals surface area (Å²) < 4.78 is 1.50. The Morgan fingerprint density at radius 3 is 2.67 bits per heavy atom. The number of pyridine rings is 1. The molecule has 1 saturated carbocycles. The van der Waals surface area contributed by atoms with Crippen LogP contribution in [-0.4, -0.2) is 43.4 Å².